The van der Waals surface area contributed by atoms with Gasteiger partial charge in [0.1, 0.15) is 10.7 Å². The fraction of sp³-hybridized carbons (Fsp3) is 0.400. The molecule has 0 bridgehead atoms. The largest absolute Gasteiger partial charge is 0.267 e. The molecule has 0 saturated heterocycles. The van der Waals surface area contributed by atoms with E-state index in [-0.39, 0.29) is 5.54 Å². The van der Waals surface area contributed by atoms with Crippen molar-refractivity contribution in [2.24, 2.45) is 0 Å². The first-order valence-electron chi connectivity index (χ1n) is 4.53. The SMILES string of the molecule is CC(C)(C)n1ccc(-c2nccs2)n1. The van der Waals surface area contributed by atoms with Crippen LogP contribution < -0.4 is 0 Å². The Hall–Kier alpha value is -1.16. The molecule has 0 aromatic carbocycles. The monoisotopic (exact) mass is 207 g/mol. The number of hydrogen-bond acceptors (Lipinski definition) is 3. The lowest BCUT2D eigenvalue weighted by Gasteiger charge is -2.18. The molecule has 3 nitrogen and oxygen atoms in total. The van der Waals surface area contributed by atoms with Gasteiger partial charge < -0.3 is 0 Å². The summed E-state index contributed by atoms with van der Waals surface area (Å²) in [6.07, 6.45) is 3.80. The van der Waals surface area contributed by atoms with Crippen molar-refractivity contribution < 1.29 is 0 Å². The molecule has 2 rings (SSSR count). The van der Waals surface area contributed by atoms with Crippen LogP contribution in [0.25, 0.3) is 10.7 Å². The molecule has 0 aliphatic heterocycles. The number of nitrogens with zero attached hydrogens (tertiary/aromatic N) is 3. The molecule has 2 heterocycles. The minimum Gasteiger partial charge on any atom is -0.267 e. The lowest BCUT2D eigenvalue weighted by molar-refractivity contribution is 0.356. The molecule has 14 heavy (non-hydrogen) atoms. The van der Waals surface area contributed by atoms with E-state index in [0.29, 0.717) is 0 Å². The van der Waals surface area contributed by atoms with E-state index in [1.54, 1.807) is 17.5 Å². The molecule has 0 unspecified atom stereocenters. The smallest absolute Gasteiger partial charge is 0.143 e. The minimum atomic E-state index is 0.0372. The van der Waals surface area contributed by atoms with Crippen LogP contribution in [0.4, 0.5) is 0 Å². The van der Waals surface area contributed by atoms with Gasteiger partial charge in [-0.15, -0.1) is 11.3 Å². The Kier molecular flexibility index (Phi) is 2.15. The molecule has 0 radical (unpaired) electrons. The lowest BCUT2D eigenvalue weighted by atomic mass is 10.1. The van der Waals surface area contributed by atoms with E-state index in [0.717, 1.165) is 10.7 Å². The standard InChI is InChI=1S/C10H13N3S/c1-10(2,3)13-6-4-8(12-13)9-11-5-7-14-9/h4-7H,1-3H3. The molecule has 74 valence electrons. The molecule has 0 amide bonds. The number of aromatic nitrogens is 3. The molecule has 0 atom stereocenters. The van der Waals surface area contributed by atoms with Crippen LogP contribution in [0.1, 0.15) is 20.8 Å². The van der Waals surface area contributed by atoms with E-state index in [4.69, 9.17) is 0 Å². The highest BCUT2D eigenvalue weighted by Gasteiger charge is 2.14. The highest BCUT2D eigenvalue weighted by atomic mass is 32.1. The molecule has 2 aromatic heterocycles. The molecule has 0 N–H and O–H groups in total. The number of hydrogen-bond donors (Lipinski definition) is 0. The molecular formula is C10H13N3S. The quantitative estimate of drug-likeness (QED) is 0.720. The predicted molar refractivity (Wildman–Crippen MR) is 58.3 cm³/mol. The fourth-order valence-electron chi connectivity index (χ4n) is 1.16. The van der Waals surface area contributed by atoms with Gasteiger partial charge in [-0.25, -0.2) is 4.98 Å². The third-order valence-electron chi connectivity index (χ3n) is 1.93. The zero-order chi connectivity index (χ0) is 10.2. The van der Waals surface area contributed by atoms with E-state index in [1.807, 2.05) is 22.3 Å². The van der Waals surface area contributed by atoms with Gasteiger partial charge in [0.2, 0.25) is 0 Å². The van der Waals surface area contributed by atoms with E-state index in [2.05, 4.69) is 30.9 Å². The maximum absolute atomic E-state index is 4.49. The summed E-state index contributed by atoms with van der Waals surface area (Å²) < 4.78 is 1.96. The molecule has 0 fully saturated rings. The third kappa shape index (κ3) is 1.70. The van der Waals surface area contributed by atoms with Gasteiger partial charge in [0.15, 0.2) is 0 Å². The van der Waals surface area contributed by atoms with Crippen molar-refractivity contribution in [2.45, 2.75) is 26.3 Å². The normalized spacial score (nSPS) is 11.9. The summed E-state index contributed by atoms with van der Waals surface area (Å²) in [5, 5.41) is 7.43. The Morgan fingerprint density at radius 2 is 2.14 bits per heavy atom. The third-order valence-corrected chi connectivity index (χ3v) is 2.72. The second-order valence-corrected chi connectivity index (χ2v) is 5.05. The van der Waals surface area contributed by atoms with Gasteiger partial charge in [-0.1, -0.05) is 0 Å². The first-order valence-corrected chi connectivity index (χ1v) is 5.41. The van der Waals surface area contributed by atoms with Gasteiger partial charge >= 0.3 is 0 Å². The van der Waals surface area contributed by atoms with E-state index in [1.165, 1.54) is 0 Å². The van der Waals surface area contributed by atoms with Crippen LogP contribution >= 0.6 is 11.3 Å². The fourth-order valence-corrected chi connectivity index (χ4v) is 1.76. The van der Waals surface area contributed by atoms with Crippen molar-refractivity contribution in [1.29, 1.82) is 0 Å². The Morgan fingerprint density at radius 3 is 2.64 bits per heavy atom. The number of rotatable bonds is 1. The Labute approximate surface area is 87.4 Å². The first kappa shape index (κ1) is 9.40. The van der Waals surface area contributed by atoms with Crippen molar-refractivity contribution in [3.8, 4) is 10.7 Å². The van der Waals surface area contributed by atoms with Crippen molar-refractivity contribution >= 4 is 11.3 Å². The first-order chi connectivity index (χ1) is 6.57. The molecule has 0 aliphatic rings. The minimum absolute atomic E-state index is 0.0372. The van der Waals surface area contributed by atoms with Crippen LogP contribution in [0.2, 0.25) is 0 Å². The summed E-state index contributed by atoms with van der Waals surface area (Å²) in [6, 6.07) is 2.00. The van der Waals surface area contributed by atoms with Gasteiger partial charge in [-0.2, -0.15) is 5.10 Å². The second-order valence-electron chi connectivity index (χ2n) is 4.15. The van der Waals surface area contributed by atoms with E-state index in [9.17, 15) is 0 Å². The van der Waals surface area contributed by atoms with Gasteiger partial charge in [0.05, 0.1) is 5.54 Å². The average Bonchev–Trinajstić information content (AvgIpc) is 2.73. The molecule has 2 aromatic rings. The van der Waals surface area contributed by atoms with Crippen LogP contribution in [-0.2, 0) is 5.54 Å². The van der Waals surface area contributed by atoms with Crippen molar-refractivity contribution in [3.63, 3.8) is 0 Å². The van der Waals surface area contributed by atoms with Gasteiger partial charge in [-0.05, 0) is 26.8 Å². The zero-order valence-corrected chi connectivity index (χ0v) is 9.38. The van der Waals surface area contributed by atoms with Gasteiger partial charge in [0.25, 0.3) is 0 Å². The average molecular weight is 207 g/mol. The van der Waals surface area contributed by atoms with Crippen LogP contribution in [0.15, 0.2) is 23.8 Å². The molecule has 4 heteroatoms. The molecule has 0 spiro atoms. The van der Waals surface area contributed by atoms with Gasteiger partial charge in [0, 0.05) is 17.8 Å². The van der Waals surface area contributed by atoms with Crippen molar-refractivity contribution in [3.05, 3.63) is 23.8 Å². The molecule has 0 saturated carbocycles. The summed E-state index contributed by atoms with van der Waals surface area (Å²) in [5.74, 6) is 0. The van der Waals surface area contributed by atoms with Crippen LogP contribution in [-0.4, -0.2) is 14.8 Å². The summed E-state index contributed by atoms with van der Waals surface area (Å²) in [7, 11) is 0. The van der Waals surface area contributed by atoms with Crippen LogP contribution in [0.5, 0.6) is 0 Å². The lowest BCUT2D eigenvalue weighted by Crippen LogP contribution is -2.22. The topological polar surface area (TPSA) is 30.7 Å². The predicted octanol–water partition coefficient (Wildman–Crippen LogP) is 2.76. The highest BCUT2D eigenvalue weighted by molar-refractivity contribution is 7.13. The Morgan fingerprint density at radius 1 is 1.36 bits per heavy atom. The maximum atomic E-state index is 4.49. The Balaban J connectivity index is 2.36. The summed E-state index contributed by atoms with van der Waals surface area (Å²) >= 11 is 1.61. The summed E-state index contributed by atoms with van der Waals surface area (Å²) in [6.45, 7) is 6.39. The second kappa shape index (κ2) is 3.20. The van der Waals surface area contributed by atoms with E-state index < -0.39 is 0 Å². The Bertz CT molecular complexity index is 409. The molecule has 0 aliphatic carbocycles. The highest BCUT2D eigenvalue weighted by Crippen LogP contribution is 2.21. The molecular weight excluding hydrogens is 194 g/mol. The van der Waals surface area contributed by atoms with Crippen LogP contribution in [0.3, 0.4) is 0 Å². The summed E-state index contributed by atoms with van der Waals surface area (Å²) in [5.41, 5.74) is 0.991. The number of thiazole rings is 1. The maximum Gasteiger partial charge on any atom is 0.143 e. The van der Waals surface area contributed by atoms with Crippen LogP contribution in [0, 0.1) is 0 Å². The summed E-state index contributed by atoms with van der Waals surface area (Å²) in [4.78, 5) is 4.22. The van der Waals surface area contributed by atoms with Gasteiger partial charge in [-0.3, -0.25) is 4.68 Å². The zero-order valence-electron chi connectivity index (χ0n) is 8.56. The van der Waals surface area contributed by atoms with E-state index >= 15 is 0 Å². The van der Waals surface area contributed by atoms with Crippen molar-refractivity contribution in [2.75, 3.05) is 0 Å². The van der Waals surface area contributed by atoms with Crippen molar-refractivity contribution in [1.82, 2.24) is 14.8 Å².